The van der Waals surface area contributed by atoms with E-state index >= 15 is 0 Å². The summed E-state index contributed by atoms with van der Waals surface area (Å²) in [5.74, 6) is 1.14. The Bertz CT molecular complexity index is 1070. The highest BCUT2D eigenvalue weighted by Crippen LogP contribution is 2.31. The molecule has 2 aliphatic rings. The van der Waals surface area contributed by atoms with Crippen LogP contribution in [0.3, 0.4) is 0 Å². The van der Waals surface area contributed by atoms with Crippen LogP contribution in [0.2, 0.25) is 0 Å². The molecule has 0 spiro atoms. The van der Waals surface area contributed by atoms with Gasteiger partial charge in [-0.25, -0.2) is 4.39 Å². The van der Waals surface area contributed by atoms with Crippen LogP contribution in [0, 0.1) is 23.1 Å². The third-order valence-electron chi connectivity index (χ3n) is 5.86. The second-order valence-electron chi connectivity index (χ2n) is 9.11. The predicted molar refractivity (Wildman–Crippen MR) is 124 cm³/mol. The van der Waals surface area contributed by atoms with Gasteiger partial charge >= 0.3 is 0 Å². The van der Waals surface area contributed by atoms with E-state index in [0.717, 1.165) is 16.9 Å². The van der Waals surface area contributed by atoms with Crippen molar-refractivity contribution in [1.82, 2.24) is 9.80 Å². The molecule has 1 atom stereocenters. The minimum absolute atomic E-state index is 0.0299. The molecule has 0 bridgehead atoms. The smallest absolute Gasteiger partial charge is 0.253 e. The molecule has 34 heavy (non-hydrogen) atoms. The number of nitriles is 1. The topological polar surface area (TPSA) is 75.0 Å². The molecule has 7 nitrogen and oxygen atoms in total. The van der Waals surface area contributed by atoms with Gasteiger partial charge in [0.2, 0.25) is 0 Å². The third-order valence-corrected chi connectivity index (χ3v) is 5.86. The highest BCUT2D eigenvalue weighted by Gasteiger charge is 2.31. The molecule has 0 saturated carbocycles. The first-order chi connectivity index (χ1) is 16.4. The number of carbonyl (C=O) groups is 1. The zero-order chi connectivity index (χ0) is 24.1. The average Bonchev–Trinajstić information content (AvgIpc) is 2.83. The monoisotopic (exact) mass is 467 g/mol. The van der Waals surface area contributed by atoms with Gasteiger partial charge in [0.1, 0.15) is 31.2 Å². The van der Waals surface area contributed by atoms with Gasteiger partial charge in [-0.1, -0.05) is 26.0 Å². The van der Waals surface area contributed by atoms with Gasteiger partial charge < -0.3 is 19.1 Å². The van der Waals surface area contributed by atoms with E-state index in [2.05, 4.69) is 18.7 Å². The van der Waals surface area contributed by atoms with Crippen molar-refractivity contribution in [1.29, 1.82) is 5.26 Å². The minimum atomic E-state index is -0.590. The maximum Gasteiger partial charge on any atom is 0.253 e. The lowest BCUT2D eigenvalue weighted by Gasteiger charge is -2.35. The Balaban J connectivity index is 1.43. The van der Waals surface area contributed by atoms with Gasteiger partial charge in [0, 0.05) is 32.7 Å². The van der Waals surface area contributed by atoms with Crippen LogP contribution in [-0.4, -0.2) is 61.3 Å². The van der Waals surface area contributed by atoms with Crippen LogP contribution in [0.15, 0.2) is 36.4 Å². The number of morpholine rings is 1. The fraction of sp³-hybridized carbons (Fsp3) is 0.462. The quantitative estimate of drug-likeness (QED) is 0.622. The molecule has 2 aromatic rings. The molecule has 4 rings (SSSR count). The fourth-order valence-corrected chi connectivity index (χ4v) is 4.28. The number of fused-ring (bicyclic) bond motifs is 1. The minimum Gasteiger partial charge on any atom is -0.486 e. The lowest BCUT2D eigenvalue weighted by molar-refractivity contribution is -0.151. The summed E-state index contributed by atoms with van der Waals surface area (Å²) >= 11 is 0. The van der Waals surface area contributed by atoms with E-state index in [4.69, 9.17) is 19.5 Å². The lowest BCUT2D eigenvalue weighted by Crippen LogP contribution is -2.51. The molecule has 8 heteroatoms. The number of halogens is 1. The summed E-state index contributed by atoms with van der Waals surface area (Å²) in [6.07, 6.45) is -0.590. The molecule has 2 heterocycles. The number of benzene rings is 2. The normalized spacial score (nSPS) is 17.9. The van der Waals surface area contributed by atoms with Crippen LogP contribution in [-0.2, 0) is 22.6 Å². The van der Waals surface area contributed by atoms with Gasteiger partial charge in [0.25, 0.3) is 5.91 Å². The molecule has 1 unspecified atom stereocenters. The summed E-state index contributed by atoms with van der Waals surface area (Å²) in [6, 6.07) is 12.2. The van der Waals surface area contributed by atoms with E-state index in [-0.39, 0.29) is 11.5 Å². The molecule has 0 aliphatic carbocycles. The second-order valence-corrected chi connectivity index (χ2v) is 9.11. The number of hydrogen-bond donors (Lipinski definition) is 0. The SMILES string of the molecule is CC(C)CN(Cc1ccc2c(c1)OCCO2)C(=O)C1CN(Cc2ccc(C#N)c(F)c2)CCO1. The van der Waals surface area contributed by atoms with Crippen molar-refractivity contribution in [2.75, 3.05) is 39.5 Å². The Morgan fingerprint density at radius 2 is 1.91 bits per heavy atom. The summed E-state index contributed by atoms with van der Waals surface area (Å²) in [4.78, 5) is 17.4. The Morgan fingerprint density at radius 1 is 1.15 bits per heavy atom. The van der Waals surface area contributed by atoms with Crippen LogP contribution in [0.4, 0.5) is 4.39 Å². The summed E-state index contributed by atoms with van der Waals surface area (Å²) in [6.45, 7) is 8.26. The van der Waals surface area contributed by atoms with Gasteiger partial charge in [0.05, 0.1) is 12.2 Å². The van der Waals surface area contributed by atoms with Crippen molar-refractivity contribution in [3.05, 3.63) is 58.9 Å². The highest BCUT2D eigenvalue weighted by molar-refractivity contribution is 5.81. The van der Waals surface area contributed by atoms with Crippen molar-refractivity contribution >= 4 is 5.91 Å². The number of amides is 1. The first-order valence-electron chi connectivity index (χ1n) is 11.6. The van der Waals surface area contributed by atoms with Gasteiger partial charge in [-0.2, -0.15) is 5.26 Å². The summed E-state index contributed by atoms with van der Waals surface area (Å²) < 4.78 is 31.2. The molecule has 0 radical (unpaired) electrons. The molecule has 0 aromatic heterocycles. The van der Waals surface area contributed by atoms with Crippen molar-refractivity contribution in [3.8, 4) is 17.6 Å². The van der Waals surface area contributed by atoms with Crippen LogP contribution >= 0.6 is 0 Å². The number of nitrogens with zero attached hydrogens (tertiary/aromatic N) is 3. The third kappa shape index (κ3) is 5.85. The molecular formula is C26H30FN3O4. The van der Waals surface area contributed by atoms with Crippen molar-refractivity contribution in [2.24, 2.45) is 5.92 Å². The van der Waals surface area contributed by atoms with Crippen molar-refractivity contribution < 1.29 is 23.4 Å². The largest absolute Gasteiger partial charge is 0.486 e. The van der Waals surface area contributed by atoms with Gasteiger partial charge in [-0.15, -0.1) is 0 Å². The molecule has 1 saturated heterocycles. The Morgan fingerprint density at radius 3 is 2.65 bits per heavy atom. The maximum atomic E-state index is 14.0. The zero-order valence-corrected chi connectivity index (χ0v) is 19.6. The fourth-order valence-electron chi connectivity index (χ4n) is 4.28. The Labute approximate surface area is 199 Å². The number of carbonyl (C=O) groups excluding carboxylic acids is 1. The molecule has 0 N–H and O–H groups in total. The molecule has 180 valence electrons. The van der Waals surface area contributed by atoms with E-state index in [1.54, 1.807) is 6.07 Å². The standard InChI is InChI=1S/C26H30FN3O4/c1-18(2)14-30(16-20-4-6-23-24(12-20)34-10-9-33-23)26(31)25-17-29(7-8-32-25)15-19-3-5-21(13-28)22(27)11-19/h3-6,11-12,18,25H,7-10,14-17H2,1-2H3. The summed E-state index contributed by atoms with van der Waals surface area (Å²) in [5.41, 5.74) is 1.76. The summed E-state index contributed by atoms with van der Waals surface area (Å²) in [5, 5.41) is 8.93. The van der Waals surface area contributed by atoms with Crippen molar-refractivity contribution in [3.63, 3.8) is 0 Å². The van der Waals surface area contributed by atoms with Crippen LogP contribution < -0.4 is 9.47 Å². The van der Waals surface area contributed by atoms with Crippen molar-refractivity contribution in [2.45, 2.75) is 33.0 Å². The maximum absolute atomic E-state index is 14.0. The first-order valence-corrected chi connectivity index (χ1v) is 11.6. The van der Waals surface area contributed by atoms with E-state index in [1.165, 1.54) is 12.1 Å². The Hall–Kier alpha value is -3.15. The van der Waals surface area contributed by atoms with Gasteiger partial charge in [0.15, 0.2) is 11.5 Å². The lowest BCUT2D eigenvalue weighted by atomic mass is 10.1. The predicted octanol–water partition coefficient (Wildman–Crippen LogP) is 3.35. The van der Waals surface area contributed by atoms with E-state index < -0.39 is 11.9 Å². The number of ether oxygens (including phenoxy) is 3. The van der Waals surface area contributed by atoms with E-state index in [1.807, 2.05) is 29.2 Å². The number of rotatable bonds is 7. The molecule has 2 aliphatic heterocycles. The molecule has 1 fully saturated rings. The summed E-state index contributed by atoms with van der Waals surface area (Å²) in [7, 11) is 0. The average molecular weight is 468 g/mol. The first kappa shape index (κ1) is 24.0. The molecular weight excluding hydrogens is 437 g/mol. The van der Waals surface area contributed by atoms with Crippen LogP contribution in [0.25, 0.3) is 0 Å². The van der Waals surface area contributed by atoms with Crippen LogP contribution in [0.5, 0.6) is 11.5 Å². The highest BCUT2D eigenvalue weighted by atomic mass is 19.1. The van der Waals surface area contributed by atoms with E-state index in [0.29, 0.717) is 64.2 Å². The number of hydrogen-bond acceptors (Lipinski definition) is 6. The van der Waals surface area contributed by atoms with Gasteiger partial charge in [-0.3, -0.25) is 9.69 Å². The molecule has 2 aromatic carbocycles. The van der Waals surface area contributed by atoms with Crippen LogP contribution in [0.1, 0.15) is 30.5 Å². The second kappa shape index (κ2) is 10.9. The molecule has 1 amide bonds. The Kier molecular flexibility index (Phi) is 7.66. The zero-order valence-electron chi connectivity index (χ0n) is 19.6. The van der Waals surface area contributed by atoms with E-state index in [9.17, 15) is 9.18 Å². The van der Waals surface area contributed by atoms with Gasteiger partial charge in [-0.05, 0) is 41.3 Å².